The van der Waals surface area contributed by atoms with Crippen LogP contribution in [0.25, 0.3) is 0 Å². The summed E-state index contributed by atoms with van der Waals surface area (Å²) in [5.41, 5.74) is 0. The molecule has 0 aromatic heterocycles. The molecule has 0 heterocycles. The Morgan fingerprint density at radius 1 is 1.36 bits per heavy atom. The zero-order valence-electron chi connectivity index (χ0n) is 6.80. The average molecular weight is 161 g/mol. The van der Waals surface area contributed by atoms with Crippen LogP contribution in [0.3, 0.4) is 0 Å². The van der Waals surface area contributed by atoms with Gasteiger partial charge in [0, 0.05) is 19.1 Å². The number of rotatable bonds is 5. The molecule has 11 heavy (non-hydrogen) atoms. The van der Waals surface area contributed by atoms with Gasteiger partial charge in [-0.25, -0.2) is 4.39 Å². The molecule has 0 aliphatic heterocycles. The van der Waals surface area contributed by atoms with Crippen molar-refractivity contribution < 1.29 is 9.50 Å². The molecule has 1 N–H and O–H groups in total. The van der Waals surface area contributed by atoms with E-state index in [9.17, 15) is 4.39 Å². The van der Waals surface area contributed by atoms with Crippen molar-refractivity contribution in [2.75, 3.05) is 26.4 Å². The van der Waals surface area contributed by atoms with Crippen LogP contribution in [0.4, 0.5) is 4.39 Å². The second-order valence-electron chi connectivity index (χ2n) is 3.03. The number of aliphatic hydroxyl groups excluding tert-OH is 1. The van der Waals surface area contributed by atoms with Crippen molar-refractivity contribution >= 4 is 0 Å². The molecule has 0 amide bonds. The third-order valence-electron chi connectivity index (χ3n) is 2.35. The van der Waals surface area contributed by atoms with Gasteiger partial charge < -0.3 is 5.11 Å². The van der Waals surface area contributed by atoms with Crippen molar-refractivity contribution in [1.82, 2.24) is 4.90 Å². The SMILES string of the molecule is OCCN(CCF)C1CCC1. The molecule has 1 aliphatic rings. The van der Waals surface area contributed by atoms with Gasteiger partial charge in [-0.1, -0.05) is 6.42 Å². The summed E-state index contributed by atoms with van der Waals surface area (Å²) in [7, 11) is 0. The van der Waals surface area contributed by atoms with Crippen LogP contribution in [-0.4, -0.2) is 42.4 Å². The summed E-state index contributed by atoms with van der Waals surface area (Å²) in [5, 5.41) is 8.67. The Hall–Kier alpha value is -0.150. The van der Waals surface area contributed by atoms with Crippen LogP contribution in [0.15, 0.2) is 0 Å². The number of hydrogen-bond donors (Lipinski definition) is 1. The number of halogens is 1. The Bertz CT molecular complexity index is 100. The minimum absolute atomic E-state index is 0.149. The smallest absolute Gasteiger partial charge is 0.102 e. The van der Waals surface area contributed by atoms with Crippen LogP contribution >= 0.6 is 0 Å². The number of alkyl halides is 1. The van der Waals surface area contributed by atoms with E-state index in [1.165, 1.54) is 19.3 Å². The topological polar surface area (TPSA) is 23.5 Å². The fraction of sp³-hybridized carbons (Fsp3) is 1.00. The first-order chi connectivity index (χ1) is 5.38. The summed E-state index contributed by atoms with van der Waals surface area (Å²) in [6.07, 6.45) is 3.62. The zero-order valence-corrected chi connectivity index (χ0v) is 6.80. The maximum absolute atomic E-state index is 12.0. The van der Waals surface area contributed by atoms with E-state index in [1.54, 1.807) is 0 Å². The molecular formula is C8H16FNO. The minimum Gasteiger partial charge on any atom is -0.395 e. The van der Waals surface area contributed by atoms with Gasteiger partial charge in [-0.15, -0.1) is 0 Å². The molecule has 0 spiro atoms. The monoisotopic (exact) mass is 161 g/mol. The van der Waals surface area contributed by atoms with Gasteiger partial charge in [0.05, 0.1) is 6.61 Å². The lowest BCUT2D eigenvalue weighted by atomic mass is 9.91. The van der Waals surface area contributed by atoms with Crippen LogP contribution in [0.1, 0.15) is 19.3 Å². The fourth-order valence-electron chi connectivity index (χ4n) is 1.47. The van der Waals surface area contributed by atoms with Gasteiger partial charge in [-0.3, -0.25) is 4.90 Å². The molecular weight excluding hydrogens is 145 g/mol. The van der Waals surface area contributed by atoms with Crippen molar-refractivity contribution in [3.63, 3.8) is 0 Å². The first-order valence-electron chi connectivity index (χ1n) is 4.29. The van der Waals surface area contributed by atoms with Crippen LogP contribution in [0.5, 0.6) is 0 Å². The largest absolute Gasteiger partial charge is 0.395 e. The lowest BCUT2D eigenvalue weighted by Gasteiger charge is -2.36. The third-order valence-corrected chi connectivity index (χ3v) is 2.35. The van der Waals surface area contributed by atoms with E-state index in [0.29, 0.717) is 19.1 Å². The number of hydrogen-bond acceptors (Lipinski definition) is 2. The molecule has 1 saturated carbocycles. The Balaban J connectivity index is 2.19. The maximum Gasteiger partial charge on any atom is 0.102 e. The van der Waals surface area contributed by atoms with E-state index in [-0.39, 0.29) is 13.3 Å². The molecule has 0 bridgehead atoms. The van der Waals surface area contributed by atoms with Gasteiger partial charge in [0.25, 0.3) is 0 Å². The van der Waals surface area contributed by atoms with E-state index in [1.807, 2.05) is 4.90 Å². The first-order valence-corrected chi connectivity index (χ1v) is 4.29. The molecule has 1 aliphatic carbocycles. The number of aliphatic hydroxyl groups is 1. The van der Waals surface area contributed by atoms with Crippen molar-refractivity contribution in [2.24, 2.45) is 0 Å². The minimum atomic E-state index is -0.295. The molecule has 0 atom stereocenters. The van der Waals surface area contributed by atoms with E-state index >= 15 is 0 Å². The van der Waals surface area contributed by atoms with E-state index in [4.69, 9.17) is 5.11 Å². The van der Waals surface area contributed by atoms with Gasteiger partial charge in [-0.2, -0.15) is 0 Å². The van der Waals surface area contributed by atoms with E-state index in [2.05, 4.69) is 0 Å². The zero-order chi connectivity index (χ0) is 8.10. The van der Waals surface area contributed by atoms with Crippen molar-refractivity contribution in [3.05, 3.63) is 0 Å². The summed E-state index contributed by atoms with van der Waals surface area (Å²) in [5.74, 6) is 0. The van der Waals surface area contributed by atoms with Crippen molar-refractivity contribution in [1.29, 1.82) is 0 Å². The predicted molar refractivity (Wildman–Crippen MR) is 42.3 cm³/mol. The Kier molecular flexibility index (Phi) is 3.80. The Morgan fingerprint density at radius 2 is 2.09 bits per heavy atom. The second-order valence-corrected chi connectivity index (χ2v) is 3.03. The average Bonchev–Trinajstić information content (AvgIpc) is 1.85. The molecule has 0 aromatic rings. The van der Waals surface area contributed by atoms with Gasteiger partial charge in [0.15, 0.2) is 0 Å². The van der Waals surface area contributed by atoms with Crippen molar-refractivity contribution in [3.8, 4) is 0 Å². The van der Waals surface area contributed by atoms with Gasteiger partial charge >= 0.3 is 0 Å². The molecule has 0 aromatic carbocycles. The van der Waals surface area contributed by atoms with Crippen LogP contribution in [0.2, 0.25) is 0 Å². The van der Waals surface area contributed by atoms with Crippen LogP contribution < -0.4 is 0 Å². The highest BCUT2D eigenvalue weighted by molar-refractivity contribution is 4.79. The summed E-state index contributed by atoms with van der Waals surface area (Å²) in [6.45, 7) is 0.979. The third kappa shape index (κ3) is 2.42. The van der Waals surface area contributed by atoms with E-state index < -0.39 is 0 Å². The quantitative estimate of drug-likeness (QED) is 0.644. The summed E-state index contributed by atoms with van der Waals surface area (Å²) < 4.78 is 12.0. The Morgan fingerprint density at radius 3 is 2.45 bits per heavy atom. The normalized spacial score (nSPS) is 18.8. The van der Waals surface area contributed by atoms with Gasteiger partial charge in [0.2, 0.25) is 0 Å². The molecule has 66 valence electrons. The summed E-state index contributed by atoms with van der Waals surface area (Å²) >= 11 is 0. The lowest BCUT2D eigenvalue weighted by Crippen LogP contribution is -2.42. The molecule has 0 unspecified atom stereocenters. The standard InChI is InChI=1S/C8H16FNO/c9-4-5-10(6-7-11)8-2-1-3-8/h8,11H,1-7H2. The molecule has 0 saturated heterocycles. The Labute approximate surface area is 67.0 Å². The highest BCUT2D eigenvalue weighted by Crippen LogP contribution is 2.23. The lowest BCUT2D eigenvalue weighted by molar-refractivity contribution is 0.0948. The molecule has 2 nitrogen and oxygen atoms in total. The van der Waals surface area contributed by atoms with Gasteiger partial charge in [0.1, 0.15) is 6.67 Å². The van der Waals surface area contributed by atoms with Crippen LogP contribution in [-0.2, 0) is 0 Å². The summed E-state index contributed by atoms with van der Waals surface area (Å²) in [4.78, 5) is 2.05. The molecule has 0 radical (unpaired) electrons. The van der Waals surface area contributed by atoms with E-state index in [0.717, 1.165) is 0 Å². The number of nitrogens with zero attached hydrogens (tertiary/aromatic N) is 1. The van der Waals surface area contributed by atoms with Crippen molar-refractivity contribution in [2.45, 2.75) is 25.3 Å². The predicted octanol–water partition coefficient (Wildman–Crippen LogP) is 0.803. The second kappa shape index (κ2) is 4.67. The fourth-order valence-corrected chi connectivity index (χ4v) is 1.47. The summed E-state index contributed by atoms with van der Waals surface area (Å²) in [6, 6.07) is 0.554. The molecule has 1 rings (SSSR count). The van der Waals surface area contributed by atoms with Crippen LogP contribution in [0, 0.1) is 0 Å². The van der Waals surface area contributed by atoms with Gasteiger partial charge in [-0.05, 0) is 12.8 Å². The highest BCUT2D eigenvalue weighted by Gasteiger charge is 2.23. The molecule has 3 heteroatoms. The molecule has 1 fully saturated rings. The highest BCUT2D eigenvalue weighted by atomic mass is 19.1. The first kappa shape index (κ1) is 8.94. The maximum atomic E-state index is 12.0.